The van der Waals surface area contributed by atoms with Crippen LogP contribution in [0.15, 0.2) is 53.1 Å². The maximum atomic E-state index is 12.4. The summed E-state index contributed by atoms with van der Waals surface area (Å²) in [6, 6.07) is 7.14. The lowest BCUT2D eigenvalue weighted by Gasteiger charge is -2.23. The molecule has 1 aliphatic rings. The van der Waals surface area contributed by atoms with E-state index < -0.39 is 10.0 Å². The predicted molar refractivity (Wildman–Crippen MR) is 102 cm³/mol. The summed E-state index contributed by atoms with van der Waals surface area (Å²) in [4.78, 5) is 0.288. The van der Waals surface area contributed by atoms with Gasteiger partial charge in [-0.15, -0.1) is 0 Å². The second-order valence-electron chi connectivity index (χ2n) is 7.14. The molecule has 1 aromatic rings. The molecule has 1 unspecified atom stereocenters. The van der Waals surface area contributed by atoms with Gasteiger partial charge in [0, 0.05) is 12.5 Å². The third-order valence-electron chi connectivity index (χ3n) is 4.86. The molecule has 0 heterocycles. The molecule has 0 fully saturated rings. The highest BCUT2D eigenvalue weighted by molar-refractivity contribution is 7.89. The number of sulfonamides is 1. The van der Waals surface area contributed by atoms with Crippen molar-refractivity contribution in [1.82, 2.24) is 4.72 Å². The zero-order valence-corrected chi connectivity index (χ0v) is 16.4. The van der Waals surface area contributed by atoms with Crippen molar-refractivity contribution in [1.29, 1.82) is 0 Å². The summed E-state index contributed by atoms with van der Waals surface area (Å²) < 4.78 is 33.1. The molecule has 2 rings (SSSR count). The van der Waals surface area contributed by atoms with Crippen LogP contribution in [-0.4, -0.2) is 21.6 Å². The fourth-order valence-corrected chi connectivity index (χ4v) is 3.65. The van der Waals surface area contributed by atoms with E-state index in [0.717, 1.165) is 24.2 Å². The van der Waals surface area contributed by atoms with Crippen LogP contribution in [0.5, 0.6) is 0 Å². The van der Waals surface area contributed by atoms with Gasteiger partial charge in [0.05, 0.1) is 10.7 Å². The highest BCUT2D eigenvalue weighted by atomic mass is 32.2. The molecule has 0 radical (unpaired) electrons. The van der Waals surface area contributed by atoms with E-state index in [9.17, 15) is 8.42 Å². The van der Waals surface area contributed by atoms with Gasteiger partial charge in [-0.25, -0.2) is 13.1 Å². The number of rotatable bonds is 8. The first-order chi connectivity index (χ1) is 11.8. The number of nitrogens with one attached hydrogen (secondary N) is 1. The Kier molecular flexibility index (Phi) is 6.47. The Morgan fingerprint density at radius 2 is 1.92 bits per heavy atom. The number of allylic oxidation sites excluding steroid dienone is 4. The smallest absolute Gasteiger partial charge is 0.240 e. The van der Waals surface area contributed by atoms with Crippen molar-refractivity contribution < 1.29 is 13.2 Å². The van der Waals surface area contributed by atoms with Gasteiger partial charge in [0.2, 0.25) is 10.0 Å². The number of ether oxygens (including phenoxy) is 1. The van der Waals surface area contributed by atoms with Crippen LogP contribution in [0, 0.1) is 5.92 Å². The zero-order chi connectivity index (χ0) is 18.5. The molecule has 0 saturated heterocycles. The molecule has 25 heavy (non-hydrogen) atoms. The Labute approximate surface area is 152 Å². The molecule has 5 heteroatoms. The maximum absolute atomic E-state index is 12.4. The predicted octanol–water partition coefficient (Wildman–Crippen LogP) is 4.15. The van der Waals surface area contributed by atoms with E-state index in [2.05, 4.69) is 38.5 Å². The first kappa shape index (κ1) is 19.7. The lowest BCUT2D eigenvalue weighted by atomic mass is 9.82. The average molecular weight is 364 g/mol. The molecule has 138 valence electrons. The van der Waals surface area contributed by atoms with Crippen LogP contribution >= 0.6 is 0 Å². The van der Waals surface area contributed by atoms with Gasteiger partial charge in [-0.3, -0.25) is 0 Å². The van der Waals surface area contributed by atoms with E-state index in [1.807, 2.05) is 24.3 Å². The lowest BCUT2D eigenvalue weighted by Crippen LogP contribution is -2.28. The summed E-state index contributed by atoms with van der Waals surface area (Å²) in [5, 5.41) is 0. The van der Waals surface area contributed by atoms with E-state index >= 15 is 0 Å². The topological polar surface area (TPSA) is 55.4 Å². The van der Waals surface area contributed by atoms with Crippen molar-refractivity contribution in [2.75, 3.05) is 13.2 Å². The van der Waals surface area contributed by atoms with Gasteiger partial charge < -0.3 is 4.74 Å². The highest BCUT2D eigenvalue weighted by Gasteiger charge is 2.20. The van der Waals surface area contributed by atoms with Crippen molar-refractivity contribution >= 4 is 10.0 Å². The van der Waals surface area contributed by atoms with Crippen LogP contribution in [0.25, 0.3) is 0 Å². The van der Waals surface area contributed by atoms with Crippen LogP contribution in [-0.2, 0) is 20.2 Å². The monoisotopic (exact) mass is 363 g/mol. The van der Waals surface area contributed by atoms with E-state index in [1.165, 1.54) is 0 Å². The molecular weight excluding hydrogens is 334 g/mol. The van der Waals surface area contributed by atoms with Gasteiger partial charge in [-0.2, -0.15) is 0 Å². The molecule has 0 aromatic heterocycles. The molecule has 1 aromatic carbocycles. The lowest BCUT2D eigenvalue weighted by molar-refractivity contribution is 0.185. The zero-order valence-electron chi connectivity index (χ0n) is 15.6. The Balaban J connectivity index is 1.91. The minimum absolute atomic E-state index is 0.0441. The molecule has 1 aliphatic carbocycles. The third-order valence-corrected chi connectivity index (χ3v) is 6.34. The van der Waals surface area contributed by atoms with Crippen molar-refractivity contribution in [2.45, 2.75) is 50.8 Å². The van der Waals surface area contributed by atoms with Gasteiger partial charge in [0.25, 0.3) is 0 Å². The first-order valence-corrected chi connectivity index (χ1v) is 10.3. The van der Waals surface area contributed by atoms with Crippen molar-refractivity contribution in [2.24, 2.45) is 5.92 Å². The van der Waals surface area contributed by atoms with Gasteiger partial charge in [0.15, 0.2) is 0 Å². The Hall–Kier alpha value is -1.59. The molecule has 0 aliphatic heterocycles. The quantitative estimate of drug-likeness (QED) is 0.706. The Bertz CT molecular complexity index is 731. The molecule has 0 spiro atoms. The fourth-order valence-electron chi connectivity index (χ4n) is 2.63. The largest absolute Gasteiger partial charge is 0.496 e. The molecular formula is C20H29NO3S. The molecule has 1 N–H and O–H groups in total. The Morgan fingerprint density at radius 1 is 1.24 bits per heavy atom. The molecule has 0 amide bonds. The summed E-state index contributed by atoms with van der Waals surface area (Å²) in [6.07, 6.45) is 7.97. The van der Waals surface area contributed by atoms with Crippen LogP contribution in [0.3, 0.4) is 0 Å². The van der Waals surface area contributed by atoms with E-state index in [0.29, 0.717) is 12.5 Å². The van der Waals surface area contributed by atoms with Crippen molar-refractivity contribution in [3.05, 3.63) is 53.8 Å². The fraction of sp³-hybridized carbons (Fsp3) is 0.500. The average Bonchev–Trinajstić information content (AvgIpc) is 2.60. The van der Waals surface area contributed by atoms with Crippen LogP contribution in [0.1, 0.15) is 46.1 Å². The summed E-state index contributed by atoms with van der Waals surface area (Å²) in [5.41, 5.74) is 1.19. The highest BCUT2D eigenvalue weighted by Crippen LogP contribution is 2.27. The van der Waals surface area contributed by atoms with Crippen molar-refractivity contribution in [3.63, 3.8) is 0 Å². The number of benzene rings is 1. The summed E-state index contributed by atoms with van der Waals surface area (Å²) in [6.45, 7) is 9.11. The summed E-state index contributed by atoms with van der Waals surface area (Å²) >= 11 is 0. The standard InChI is InChI=1S/C20H29NO3S/c1-5-20(3,4)17-10-12-18(13-11-17)25(22,23)21-14-15-24-19-9-7-6-8-16(19)2/h6-7,9-13,16,21H,5,8,14-15H2,1-4H3. The minimum Gasteiger partial charge on any atom is -0.496 e. The normalized spacial score (nSPS) is 18.1. The van der Waals surface area contributed by atoms with Gasteiger partial charge >= 0.3 is 0 Å². The summed E-state index contributed by atoms with van der Waals surface area (Å²) in [7, 11) is -3.51. The first-order valence-electron chi connectivity index (χ1n) is 8.86. The number of hydrogen-bond donors (Lipinski definition) is 1. The Morgan fingerprint density at radius 3 is 2.52 bits per heavy atom. The van der Waals surface area contributed by atoms with Crippen LogP contribution < -0.4 is 4.72 Å². The van der Waals surface area contributed by atoms with E-state index in [1.54, 1.807) is 12.1 Å². The maximum Gasteiger partial charge on any atom is 0.240 e. The van der Waals surface area contributed by atoms with E-state index in [-0.39, 0.29) is 16.9 Å². The van der Waals surface area contributed by atoms with Crippen LogP contribution in [0.2, 0.25) is 0 Å². The van der Waals surface area contributed by atoms with Gasteiger partial charge in [-0.1, -0.05) is 52.0 Å². The van der Waals surface area contributed by atoms with E-state index in [4.69, 9.17) is 4.74 Å². The third kappa shape index (κ3) is 5.19. The number of hydrogen-bond acceptors (Lipinski definition) is 3. The molecule has 0 bridgehead atoms. The van der Waals surface area contributed by atoms with Gasteiger partial charge in [-0.05, 0) is 42.0 Å². The molecule has 0 saturated carbocycles. The van der Waals surface area contributed by atoms with Crippen molar-refractivity contribution in [3.8, 4) is 0 Å². The summed E-state index contributed by atoms with van der Waals surface area (Å²) in [5.74, 6) is 1.25. The van der Waals surface area contributed by atoms with Gasteiger partial charge in [0.1, 0.15) is 6.61 Å². The molecule has 4 nitrogen and oxygen atoms in total. The minimum atomic E-state index is -3.51. The van der Waals surface area contributed by atoms with Crippen LogP contribution in [0.4, 0.5) is 0 Å². The second kappa shape index (κ2) is 8.19. The SMILES string of the molecule is CCC(C)(C)c1ccc(S(=O)(=O)NCCOC2=CC=CCC2C)cc1. The molecule has 1 atom stereocenters. The second-order valence-corrected chi connectivity index (χ2v) is 8.91.